The Bertz CT molecular complexity index is 1560. The first kappa shape index (κ1) is 28.6. The zero-order chi connectivity index (χ0) is 29.0. The van der Waals surface area contributed by atoms with Crippen molar-refractivity contribution in [1.29, 1.82) is 0 Å². The molecule has 0 amide bonds. The van der Waals surface area contributed by atoms with Crippen molar-refractivity contribution in [3.63, 3.8) is 0 Å². The minimum Gasteiger partial charge on any atom is -0.457 e. The van der Waals surface area contributed by atoms with E-state index in [1.807, 2.05) is 53.7 Å². The average Bonchev–Trinajstić information content (AvgIpc) is 3.33. The number of pyridine rings is 1. The lowest BCUT2D eigenvalue weighted by Crippen LogP contribution is -2.37. The minimum atomic E-state index is -0.497. The summed E-state index contributed by atoms with van der Waals surface area (Å²) in [5.41, 5.74) is 4.82. The van der Waals surface area contributed by atoms with Crippen molar-refractivity contribution in [2.24, 2.45) is 0 Å². The number of aryl methyl sites for hydroxylation is 1. The smallest absolute Gasteiger partial charge is 0.143 e. The van der Waals surface area contributed by atoms with E-state index in [0.717, 1.165) is 34.1 Å². The SMILES string of the molecule is C=C(COC)Nc1cc(Oc2ccc(CC(=O)Cc3cc(C4(C)CSC4)nn3-c3ccc(C)cc3)c(F)c2)ccn1. The van der Waals surface area contributed by atoms with E-state index in [1.54, 1.807) is 37.6 Å². The molecule has 1 N–H and O–H groups in total. The van der Waals surface area contributed by atoms with E-state index >= 15 is 4.39 Å². The molecule has 2 aromatic heterocycles. The molecule has 0 radical (unpaired) electrons. The van der Waals surface area contributed by atoms with Crippen LogP contribution in [-0.4, -0.2) is 45.8 Å². The van der Waals surface area contributed by atoms with Gasteiger partial charge in [-0.05, 0) is 42.8 Å². The van der Waals surface area contributed by atoms with Crippen LogP contribution in [0.5, 0.6) is 11.5 Å². The van der Waals surface area contributed by atoms with Crippen LogP contribution in [0.1, 0.15) is 29.4 Å². The summed E-state index contributed by atoms with van der Waals surface area (Å²) in [5, 5.41) is 7.94. The Morgan fingerprint density at radius 2 is 1.85 bits per heavy atom. The van der Waals surface area contributed by atoms with Crippen molar-refractivity contribution in [3.05, 3.63) is 107 Å². The monoisotopic (exact) mass is 572 g/mol. The second-order valence-corrected chi connectivity index (χ2v) is 11.6. The number of benzene rings is 2. The number of halogens is 1. The van der Waals surface area contributed by atoms with Gasteiger partial charge in [0.25, 0.3) is 0 Å². The van der Waals surface area contributed by atoms with Gasteiger partial charge in [0.05, 0.1) is 23.7 Å². The third kappa shape index (κ3) is 6.86. The Hall–Kier alpha value is -3.95. The highest BCUT2D eigenvalue weighted by atomic mass is 32.2. The Labute approximate surface area is 243 Å². The van der Waals surface area contributed by atoms with Gasteiger partial charge >= 0.3 is 0 Å². The first-order chi connectivity index (χ1) is 19.7. The summed E-state index contributed by atoms with van der Waals surface area (Å²) in [7, 11) is 1.58. The molecule has 5 rings (SSSR count). The molecule has 9 heteroatoms. The van der Waals surface area contributed by atoms with Gasteiger partial charge in [-0.25, -0.2) is 14.1 Å². The van der Waals surface area contributed by atoms with Crippen LogP contribution in [0.4, 0.5) is 10.2 Å². The zero-order valence-corrected chi connectivity index (χ0v) is 24.3. The third-order valence-electron chi connectivity index (χ3n) is 6.90. The maximum absolute atomic E-state index is 15.1. The maximum Gasteiger partial charge on any atom is 0.143 e. The van der Waals surface area contributed by atoms with E-state index in [0.29, 0.717) is 35.2 Å². The predicted molar refractivity (Wildman–Crippen MR) is 161 cm³/mol. The Morgan fingerprint density at radius 1 is 1.10 bits per heavy atom. The summed E-state index contributed by atoms with van der Waals surface area (Å²) in [6.07, 6.45) is 1.71. The molecule has 0 saturated carbocycles. The predicted octanol–water partition coefficient (Wildman–Crippen LogP) is 6.44. The van der Waals surface area contributed by atoms with Crippen LogP contribution in [0.25, 0.3) is 5.69 Å². The number of ketones is 1. The summed E-state index contributed by atoms with van der Waals surface area (Å²) in [6.45, 7) is 8.45. The third-order valence-corrected chi connectivity index (χ3v) is 8.58. The molecule has 0 unspecified atom stereocenters. The van der Waals surface area contributed by atoms with Gasteiger partial charge in [0.2, 0.25) is 0 Å². The van der Waals surface area contributed by atoms with Gasteiger partial charge in [0, 0.05) is 60.9 Å². The van der Waals surface area contributed by atoms with Crippen LogP contribution < -0.4 is 10.1 Å². The van der Waals surface area contributed by atoms with E-state index in [-0.39, 0.29) is 24.0 Å². The van der Waals surface area contributed by atoms with E-state index < -0.39 is 5.82 Å². The van der Waals surface area contributed by atoms with Gasteiger partial charge in [-0.3, -0.25) is 4.79 Å². The van der Waals surface area contributed by atoms with Gasteiger partial charge in [-0.2, -0.15) is 16.9 Å². The molecule has 212 valence electrons. The standard InChI is InChI=1S/C32H33FN4O3S/c1-21-5-8-24(9-6-21)37-25(15-30(36-37)32(3)19-41-20-32)14-26(38)13-23-7-10-27(16-29(23)33)40-28-11-12-34-31(17-28)35-22(2)18-39-4/h5-12,15-17H,2,13-14,18-20H2,1,3-4H3,(H,34,35). The number of anilines is 1. The number of ether oxygens (including phenoxy) is 2. The number of hydrogen-bond acceptors (Lipinski definition) is 7. The van der Waals surface area contributed by atoms with Gasteiger partial charge in [-0.1, -0.05) is 37.3 Å². The molecule has 4 aromatic rings. The van der Waals surface area contributed by atoms with Crippen LogP contribution in [0.3, 0.4) is 0 Å². The quantitative estimate of drug-likeness (QED) is 0.209. The number of carbonyl (C=O) groups is 1. The molecule has 41 heavy (non-hydrogen) atoms. The van der Waals surface area contributed by atoms with Crippen LogP contribution in [0.15, 0.2) is 79.1 Å². The number of Topliss-reactive ketones (excluding diaryl/α,β-unsaturated/α-hetero) is 1. The molecule has 2 aromatic carbocycles. The number of nitrogens with zero attached hydrogens (tertiary/aromatic N) is 3. The van der Waals surface area contributed by atoms with Crippen LogP contribution in [0, 0.1) is 12.7 Å². The fraction of sp³-hybridized carbons (Fsp3) is 0.281. The molecule has 1 fully saturated rings. The number of rotatable bonds is 12. The second-order valence-electron chi connectivity index (χ2n) is 10.6. The first-order valence-electron chi connectivity index (χ1n) is 13.3. The topological polar surface area (TPSA) is 78.3 Å². The van der Waals surface area contributed by atoms with Crippen molar-refractivity contribution < 1.29 is 18.7 Å². The van der Waals surface area contributed by atoms with Crippen molar-refractivity contribution in [1.82, 2.24) is 14.8 Å². The Balaban J connectivity index is 1.28. The highest BCUT2D eigenvalue weighted by Crippen LogP contribution is 2.40. The Kier molecular flexibility index (Phi) is 8.56. The molecule has 3 heterocycles. The maximum atomic E-state index is 15.1. The van der Waals surface area contributed by atoms with Crippen LogP contribution >= 0.6 is 11.8 Å². The van der Waals surface area contributed by atoms with Crippen LogP contribution in [-0.2, 0) is 27.8 Å². The van der Waals surface area contributed by atoms with E-state index in [4.69, 9.17) is 14.6 Å². The number of methoxy groups -OCH3 is 1. The molecule has 0 atom stereocenters. The lowest BCUT2D eigenvalue weighted by atomic mass is 9.90. The van der Waals surface area contributed by atoms with Crippen LogP contribution in [0.2, 0.25) is 0 Å². The largest absolute Gasteiger partial charge is 0.457 e. The molecule has 0 spiro atoms. The normalized spacial score (nSPS) is 13.9. The fourth-order valence-corrected chi connectivity index (χ4v) is 5.70. The number of nitrogens with one attached hydrogen (secondary N) is 1. The summed E-state index contributed by atoms with van der Waals surface area (Å²) in [5.74, 6) is 2.76. The van der Waals surface area contributed by atoms with Crippen molar-refractivity contribution in [2.45, 2.75) is 32.1 Å². The van der Waals surface area contributed by atoms with Gasteiger partial charge < -0.3 is 14.8 Å². The number of hydrogen-bond donors (Lipinski definition) is 1. The fourth-order valence-electron chi connectivity index (χ4n) is 4.59. The molecule has 1 saturated heterocycles. The summed E-state index contributed by atoms with van der Waals surface area (Å²) < 4.78 is 27.8. The van der Waals surface area contributed by atoms with Crippen molar-refractivity contribution in [2.75, 3.05) is 30.5 Å². The molecule has 7 nitrogen and oxygen atoms in total. The summed E-state index contributed by atoms with van der Waals surface area (Å²) in [6, 6.07) is 18.0. The van der Waals surface area contributed by atoms with Crippen molar-refractivity contribution in [3.8, 4) is 17.2 Å². The lowest BCUT2D eigenvalue weighted by Gasteiger charge is -2.35. The highest BCUT2D eigenvalue weighted by Gasteiger charge is 2.37. The van der Waals surface area contributed by atoms with E-state index in [9.17, 15) is 4.79 Å². The molecule has 0 bridgehead atoms. The number of carbonyl (C=O) groups excluding carboxylic acids is 1. The van der Waals surface area contributed by atoms with Crippen molar-refractivity contribution >= 4 is 23.4 Å². The Morgan fingerprint density at radius 3 is 2.54 bits per heavy atom. The molecule has 1 aliphatic heterocycles. The zero-order valence-electron chi connectivity index (χ0n) is 23.4. The van der Waals surface area contributed by atoms with Gasteiger partial charge in [-0.15, -0.1) is 0 Å². The number of thioether (sulfide) groups is 1. The average molecular weight is 573 g/mol. The second kappa shape index (κ2) is 12.3. The molecular weight excluding hydrogens is 539 g/mol. The minimum absolute atomic E-state index is 0.00386. The summed E-state index contributed by atoms with van der Waals surface area (Å²) in [4.78, 5) is 17.4. The molecule has 0 aliphatic carbocycles. The highest BCUT2D eigenvalue weighted by molar-refractivity contribution is 8.00. The first-order valence-corrected chi connectivity index (χ1v) is 14.5. The van der Waals surface area contributed by atoms with E-state index in [2.05, 4.69) is 23.8 Å². The van der Waals surface area contributed by atoms with E-state index in [1.165, 1.54) is 6.07 Å². The van der Waals surface area contributed by atoms with Gasteiger partial charge in [0.15, 0.2) is 0 Å². The number of aromatic nitrogens is 3. The lowest BCUT2D eigenvalue weighted by molar-refractivity contribution is -0.117. The van der Waals surface area contributed by atoms with Gasteiger partial charge in [0.1, 0.15) is 28.9 Å². The molecule has 1 aliphatic rings. The molecular formula is C32H33FN4O3S. The summed E-state index contributed by atoms with van der Waals surface area (Å²) >= 11 is 1.89.